The van der Waals surface area contributed by atoms with E-state index in [-0.39, 0.29) is 18.5 Å². The summed E-state index contributed by atoms with van der Waals surface area (Å²) in [7, 11) is 1.76. The summed E-state index contributed by atoms with van der Waals surface area (Å²) in [5.74, 6) is 0.712. The molecule has 0 radical (unpaired) electrons. The highest BCUT2D eigenvalue weighted by atomic mass is 16.3. The predicted octanol–water partition coefficient (Wildman–Crippen LogP) is 2.24. The Morgan fingerprint density at radius 3 is 2.90 bits per heavy atom. The first kappa shape index (κ1) is 13.4. The third-order valence-corrected chi connectivity index (χ3v) is 3.63. The quantitative estimate of drug-likeness (QED) is 0.737. The molecule has 0 N–H and O–H groups in total. The summed E-state index contributed by atoms with van der Waals surface area (Å²) in [6.45, 7) is 2.08. The van der Waals surface area contributed by atoms with Gasteiger partial charge < -0.3 is 9.32 Å². The first-order chi connectivity index (χ1) is 10.2. The molecule has 1 atom stereocenters. The third kappa shape index (κ3) is 2.52. The smallest absolute Gasteiger partial charge is 0.244 e. The summed E-state index contributed by atoms with van der Waals surface area (Å²) in [6.07, 6.45) is 1.61. The molecule has 1 aromatic carbocycles. The van der Waals surface area contributed by atoms with Crippen molar-refractivity contribution in [3.05, 3.63) is 48.4 Å². The van der Waals surface area contributed by atoms with Crippen LogP contribution in [0.1, 0.15) is 18.7 Å². The van der Waals surface area contributed by atoms with Gasteiger partial charge in [-0.25, -0.2) is 4.68 Å². The first-order valence-corrected chi connectivity index (χ1v) is 6.74. The number of hydrogen-bond acceptors (Lipinski definition) is 4. The van der Waals surface area contributed by atoms with Crippen molar-refractivity contribution in [2.75, 3.05) is 7.05 Å². The van der Waals surface area contributed by atoms with Crippen LogP contribution in [0, 0.1) is 0 Å². The second-order valence-electron chi connectivity index (χ2n) is 4.93. The lowest BCUT2D eigenvalue weighted by atomic mass is 10.2. The van der Waals surface area contributed by atoms with E-state index in [0.717, 1.165) is 16.8 Å². The lowest BCUT2D eigenvalue weighted by molar-refractivity contribution is -0.132. The lowest BCUT2D eigenvalue weighted by Crippen LogP contribution is -2.32. The average molecular weight is 284 g/mol. The van der Waals surface area contributed by atoms with Crippen molar-refractivity contribution >= 4 is 16.9 Å². The van der Waals surface area contributed by atoms with Gasteiger partial charge in [0.15, 0.2) is 0 Å². The lowest BCUT2D eigenvalue weighted by Gasteiger charge is -2.23. The van der Waals surface area contributed by atoms with Crippen LogP contribution in [0.2, 0.25) is 0 Å². The standard InChI is InChI=1S/C15H16N4O2/c1-11(14-8-5-9-21-14)18(2)15(20)10-19-13-7-4-3-6-12(13)16-17-19/h3-9,11H,10H2,1-2H3. The van der Waals surface area contributed by atoms with Gasteiger partial charge in [-0.3, -0.25) is 4.79 Å². The van der Waals surface area contributed by atoms with E-state index in [4.69, 9.17) is 4.42 Å². The van der Waals surface area contributed by atoms with E-state index in [1.807, 2.05) is 43.3 Å². The van der Waals surface area contributed by atoms with Crippen LogP contribution in [-0.4, -0.2) is 32.8 Å². The minimum Gasteiger partial charge on any atom is -0.467 e. The number of carbonyl (C=O) groups excluding carboxylic acids is 1. The summed E-state index contributed by atoms with van der Waals surface area (Å²) in [4.78, 5) is 14.0. The third-order valence-electron chi connectivity index (χ3n) is 3.63. The van der Waals surface area contributed by atoms with Crippen molar-refractivity contribution in [1.29, 1.82) is 0 Å². The maximum absolute atomic E-state index is 12.4. The molecule has 1 amide bonds. The molecule has 1 unspecified atom stereocenters. The summed E-state index contributed by atoms with van der Waals surface area (Å²) in [5, 5.41) is 8.08. The summed E-state index contributed by atoms with van der Waals surface area (Å²) in [6, 6.07) is 11.1. The molecule has 0 saturated heterocycles. The van der Waals surface area contributed by atoms with E-state index in [1.165, 1.54) is 0 Å². The number of para-hydroxylation sites is 1. The number of aromatic nitrogens is 3. The van der Waals surface area contributed by atoms with Crippen LogP contribution in [0.4, 0.5) is 0 Å². The molecule has 3 rings (SSSR count). The van der Waals surface area contributed by atoms with E-state index < -0.39 is 0 Å². The van der Waals surface area contributed by atoms with Gasteiger partial charge in [0.25, 0.3) is 0 Å². The number of rotatable bonds is 4. The number of fused-ring (bicyclic) bond motifs is 1. The van der Waals surface area contributed by atoms with E-state index in [2.05, 4.69) is 10.3 Å². The number of nitrogens with zero attached hydrogens (tertiary/aromatic N) is 4. The zero-order valence-corrected chi connectivity index (χ0v) is 11.9. The molecule has 0 bridgehead atoms. The van der Waals surface area contributed by atoms with Crippen molar-refractivity contribution in [2.45, 2.75) is 19.5 Å². The Bertz CT molecular complexity index is 748. The highest BCUT2D eigenvalue weighted by Crippen LogP contribution is 2.19. The Kier molecular flexibility index (Phi) is 3.43. The number of furan rings is 1. The van der Waals surface area contributed by atoms with Crippen molar-refractivity contribution < 1.29 is 9.21 Å². The van der Waals surface area contributed by atoms with Crippen molar-refractivity contribution in [3.8, 4) is 0 Å². The molecule has 21 heavy (non-hydrogen) atoms. The molecule has 0 aliphatic rings. The van der Waals surface area contributed by atoms with Crippen LogP contribution in [0.3, 0.4) is 0 Å². The summed E-state index contributed by atoms with van der Waals surface area (Å²) >= 11 is 0. The molecular formula is C15H16N4O2. The van der Waals surface area contributed by atoms with E-state index >= 15 is 0 Å². The highest BCUT2D eigenvalue weighted by Gasteiger charge is 2.20. The first-order valence-electron chi connectivity index (χ1n) is 6.74. The topological polar surface area (TPSA) is 64.2 Å². The van der Waals surface area contributed by atoms with Crippen LogP contribution in [0.15, 0.2) is 47.1 Å². The molecule has 0 fully saturated rings. The molecule has 0 aliphatic carbocycles. The minimum atomic E-state index is -0.123. The molecule has 2 heterocycles. The van der Waals surface area contributed by atoms with E-state index in [9.17, 15) is 4.79 Å². The van der Waals surface area contributed by atoms with Gasteiger partial charge in [0.05, 0.1) is 17.8 Å². The van der Waals surface area contributed by atoms with Gasteiger partial charge in [0.1, 0.15) is 17.8 Å². The average Bonchev–Trinajstić information content (AvgIpc) is 3.16. The van der Waals surface area contributed by atoms with Gasteiger partial charge in [-0.15, -0.1) is 5.10 Å². The van der Waals surface area contributed by atoms with Crippen molar-refractivity contribution in [1.82, 2.24) is 19.9 Å². The number of benzene rings is 1. The van der Waals surface area contributed by atoms with E-state index in [0.29, 0.717) is 0 Å². The van der Waals surface area contributed by atoms with Crippen LogP contribution in [0.25, 0.3) is 11.0 Å². The fraction of sp³-hybridized carbons (Fsp3) is 0.267. The predicted molar refractivity (Wildman–Crippen MR) is 77.4 cm³/mol. The molecule has 2 aromatic heterocycles. The van der Waals surface area contributed by atoms with Crippen LogP contribution in [-0.2, 0) is 11.3 Å². The Morgan fingerprint density at radius 2 is 2.14 bits per heavy atom. The van der Waals surface area contributed by atoms with Crippen LogP contribution >= 0.6 is 0 Å². The maximum atomic E-state index is 12.4. The number of hydrogen-bond donors (Lipinski definition) is 0. The zero-order chi connectivity index (χ0) is 14.8. The zero-order valence-electron chi connectivity index (χ0n) is 11.9. The molecule has 0 aliphatic heterocycles. The largest absolute Gasteiger partial charge is 0.467 e. The fourth-order valence-corrected chi connectivity index (χ4v) is 2.21. The molecule has 6 nitrogen and oxygen atoms in total. The van der Waals surface area contributed by atoms with Gasteiger partial charge >= 0.3 is 0 Å². The van der Waals surface area contributed by atoms with Crippen molar-refractivity contribution in [2.24, 2.45) is 0 Å². The molecule has 108 valence electrons. The Labute approximate surface area is 122 Å². The summed E-state index contributed by atoms with van der Waals surface area (Å²) in [5.41, 5.74) is 1.64. The van der Waals surface area contributed by atoms with Gasteiger partial charge in [-0.05, 0) is 31.2 Å². The Morgan fingerprint density at radius 1 is 1.33 bits per heavy atom. The summed E-state index contributed by atoms with van der Waals surface area (Å²) < 4.78 is 6.96. The van der Waals surface area contributed by atoms with Crippen molar-refractivity contribution in [3.63, 3.8) is 0 Å². The van der Waals surface area contributed by atoms with Gasteiger partial charge in [0, 0.05) is 7.05 Å². The van der Waals surface area contributed by atoms with Crippen LogP contribution < -0.4 is 0 Å². The van der Waals surface area contributed by atoms with Gasteiger partial charge in [-0.2, -0.15) is 0 Å². The molecular weight excluding hydrogens is 268 g/mol. The number of amides is 1. The maximum Gasteiger partial charge on any atom is 0.244 e. The number of carbonyl (C=O) groups is 1. The monoisotopic (exact) mass is 284 g/mol. The Hall–Kier alpha value is -2.63. The van der Waals surface area contributed by atoms with E-state index in [1.54, 1.807) is 22.9 Å². The SMILES string of the molecule is CC(c1ccco1)N(C)C(=O)Cn1nnc2ccccc21. The second-order valence-corrected chi connectivity index (χ2v) is 4.93. The number of likely N-dealkylation sites (N-methyl/N-ethyl adjacent to an activating group) is 1. The molecule has 0 spiro atoms. The fourth-order valence-electron chi connectivity index (χ4n) is 2.21. The normalized spacial score (nSPS) is 12.5. The second kappa shape index (κ2) is 5.40. The Balaban J connectivity index is 1.77. The minimum absolute atomic E-state index is 0.0467. The highest BCUT2D eigenvalue weighted by molar-refractivity contribution is 5.79. The molecule has 6 heteroatoms. The van der Waals surface area contributed by atoms with Gasteiger partial charge in [0.2, 0.25) is 5.91 Å². The molecule has 3 aromatic rings. The molecule has 0 saturated carbocycles. The van der Waals surface area contributed by atoms with Gasteiger partial charge in [-0.1, -0.05) is 17.3 Å². The van der Waals surface area contributed by atoms with Crippen LogP contribution in [0.5, 0.6) is 0 Å².